The van der Waals surface area contributed by atoms with Crippen LogP contribution in [-0.4, -0.2) is 43.5 Å². The number of hydrogen-bond acceptors (Lipinski definition) is 3. The molecular weight excluding hydrogens is 222 g/mol. The van der Waals surface area contributed by atoms with E-state index in [1.807, 2.05) is 27.7 Å². The third-order valence-electron chi connectivity index (χ3n) is 2.29. The van der Waals surface area contributed by atoms with E-state index >= 15 is 0 Å². The lowest BCUT2D eigenvalue weighted by Gasteiger charge is -2.37. The van der Waals surface area contributed by atoms with E-state index in [9.17, 15) is 8.42 Å². The van der Waals surface area contributed by atoms with Gasteiger partial charge in [-0.15, -0.1) is 0 Å². The molecule has 0 aromatic heterocycles. The zero-order valence-electron chi connectivity index (χ0n) is 12.0. The maximum Gasteiger partial charge on any atom is 0.152 e. The highest BCUT2D eigenvalue weighted by molar-refractivity contribution is 7.91. The average molecular weight is 251 g/mol. The molecule has 1 saturated heterocycles. The first-order valence-electron chi connectivity index (χ1n) is 6.27. The van der Waals surface area contributed by atoms with Crippen molar-refractivity contribution in [2.45, 2.75) is 54.0 Å². The summed E-state index contributed by atoms with van der Waals surface area (Å²) in [6.07, 6.45) is 0. The molecule has 0 unspecified atom stereocenters. The maximum atomic E-state index is 11.1. The Labute approximate surface area is 102 Å². The van der Waals surface area contributed by atoms with Crippen molar-refractivity contribution < 1.29 is 8.42 Å². The first kappa shape index (κ1) is 18.3. The lowest BCUT2D eigenvalue weighted by atomic mass is 10.1. The second-order valence-electron chi connectivity index (χ2n) is 4.31. The fraction of sp³-hybridized carbons (Fsp3) is 1.00. The Kier molecular flexibility index (Phi) is 9.22. The fourth-order valence-electron chi connectivity index (χ4n) is 1.38. The van der Waals surface area contributed by atoms with Gasteiger partial charge < -0.3 is 0 Å². The average Bonchev–Trinajstić information content (AvgIpc) is 2.22. The quantitative estimate of drug-likeness (QED) is 0.664. The monoisotopic (exact) mass is 251 g/mol. The van der Waals surface area contributed by atoms with Crippen molar-refractivity contribution in [1.82, 2.24) is 4.90 Å². The van der Waals surface area contributed by atoms with Crippen molar-refractivity contribution in [3.8, 4) is 0 Å². The molecule has 1 heterocycles. The summed E-state index contributed by atoms with van der Waals surface area (Å²) in [6.45, 7) is 15.7. The van der Waals surface area contributed by atoms with Gasteiger partial charge in [-0.3, -0.25) is 4.90 Å². The molecule has 4 heteroatoms. The van der Waals surface area contributed by atoms with Gasteiger partial charge in [0, 0.05) is 18.6 Å². The summed E-state index contributed by atoms with van der Waals surface area (Å²) in [6, 6.07) is 0. The van der Waals surface area contributed by atoms with E-state index in [2.05, 4.69) is 25.7 Å². The van der Waals surface area contributed by atoms with Crippen molar-refractivity contribution in [3.63, 3.8) is 0 Å². The van der Waals surface area contributed by atoms with Gasteiger partial charge >= 0.3 is 0 Å². The summed E-state index contributed by atoms with van der Waals surface area (Å²) in [5, 5.41) is 0. The van der Waals surface area contributed by atoms with Crippen molar-refractivity contribution in [1.29, 1.82) is 0 Å². The molecule has 1 aliphatic rings. The predicted octanol–water partition coefficient (Wildman–Crippen LogP) is 2.57. The molecule has 0 atom stereocenters. The van der Waals surface area contributed by atoms with Gasteiger partial charge in [0.2, 0.25) is 0 Å². The van der Waals surface area contributed by atoms with Crippen LogP contribution < -0.4 is 0 Å². The molecule has 0 bridgehead atoms. The lowest BCUT2D eigenvalue weighted by molar-refractivity contribution is 0.150. The Balaban J connectivity index is 0. The summed E-state index contributed by atoms with van der Waals surface area (Å²) in [4.78, 5) is 2.22. The third-order valence-corrected chi connectivity index (χ3v) is 3.90. The van der Waals surface area contributed by atoms with E-state index < -0.39 is 9.84 Å². The molecule has 0 aromatic rings. The molecule has 0 aromatic carbocycles. The largest absolute Gasteiger partial charge is 0.296 e. The highest BCUT2D eigenvalue weighted by atomic mass is 32.2. The standard InChI is InChI=1S/C8H17NO2S.2C2H6/c1-8(2,3)9-4-6-12(10,11)7-5-9;2*1-2/h4-7H2,1-3H3;2*1-2H3. The van der Waals surface area contributed by atoms with Crippen LogP contribution in [0.1, 0.15) is 48.5 Å². The first-order valence-corrected chi connectivity index (χ1v) is 8.09. The van der Waals surface area contributed by atoms with Crippen LogP contribution in [0.5, 0.6) is 0 Å². The molecular formula is C12H29NO2S. The maximum absolute atomic E-state index is 11.1. The molecule has 0 spiro atoms. The van der Waals surface area contributed by atoms with Crippen LogP contribution in [0.2, 0.25) is 0 Å². The summed E-state index contributed by atoms with van der Waals surface area (Å²) in [5.74, 6) is 0.647. The minimum absolute atomic E-state index is 0.107. The van der Waals surface area contributed by atoms with Gasteiger partial charge in [-0.25, -0.2) is 8.42 Å². The summed E-state index contributed by atoms with van der Waals surface area (Å²) < 4.78 is 22.2. The Morgan fingerprint density at radius 1 is 0.875 bits per heavy atom. The molecule has 1 rings (SSSR count). The molecule has 0 aliphatic carbocycles. The van der Waals surface area contributed by atoms with Crippen LogP contribution in [-0.2, 0) is 9.84 Å². The molecule has 0 saturated carbocycles. The van der Waals surface area contributed by atoms with Crippen LogP contribution in [0.15, 0.2) is 0 Å². The van der Waals surface area contributed by atoms with Crippen LogP contribution in [0, 0.1) is 0 Å². The van der Waals surface area contributed by atoms with E-state index in [0.29, 0.717) is 24.6 Å². The van der Waals surface area contributed by atoms with Gasteiger partial charge in [0.25, 0.3) is 0 Å². The van der Waals surface area contributed by atoms with Crippen molar-refractivity contribution in [2.75, 3.05) is 24.6 Å². The van der Waals surface area contributed by atoms with E-state index in [1.54, 1.807) is 0 Å². The van der Waals surface area contributed by atoms with E-state index in [-0.39, 0.29) is 5.54 Å². The molecule has 100 valence electrons. The zero-order valence-corrected chi connectivity index (χ0v) is 12.8. The Bertz CT molecular complexity index is 239. The number of sulfone groups is 1. The van der Waals surface area contributed by atoms with Gasteiger partial charge in [-0.2, -0.15) is 0 Å². The zero-order chi connectivity index (χ0) is 13.4. The third kappa shape index (κ3) is 7.23. The highest BCUT2D eigenvalue weighted by Crippen LogP contribution is 2.16. The van der Waals surface area contributed by atoms with Gasteiger partial charge in [-0.1, -0.05) is 27.7 Å². The Morgan fingerprint density at radius 3 is 1.44 bits per heavy atom. The summed E-state index contributed by atoms with van der Waals surface area (Å²) in [5.41, 5.74) is 0.107. The molecule has 0 N–H and O–H groups in total. The minimum atomic E-state index is -2.72. The first-order chi connectivity index (χ1) is 7.31. The van der Waals surface area contributed by atoms with E-state index in [1.165, 1.54) is 0 Å². The Morgan fingerprint density at radius 2 is 1.19 bits per heavy atom. The van der Waals surface area contributed by atoms with Crippen molar-refractivity contribution in [2.24, 2.45) is 0 Å². The Hall–Kier alpha value is -0.0900. The molecule has 1 aliphatic heterocycles. The smallest absolute Gasteiger partial charge is 0.152 e. The van der Waals surface area contributed by atoms with Gasteiger partial charge in [0.1, 0.15) is 0 Å². The minimum Gasteiger partial charge on any atom is -0.296 e. The fourth-order valence-corrected chi connectivity index (χ4v) is 2.58. The van der Waals surface area contributed by atoms with Gasteiger partial charge in [-0.05, 0) is 20.8 Å². The normalized spacial score (nSPS) is 19.9. The molecule has 1 fully saturated rings. The topological polar surface area (TPSA) is 37.4 Å². The number of hydrogen-bond donors (Lipinski definition) is 0. The molecule has 3 nitrogen and oxygen atoms in total. The molecule has 0 radical (unpaired) electrons. The summed E-state index contributed by atoms with van der Waals surface area (Å²) >= 11 is 0. The van der Waals surface area contributed by atoms with Crippen LogP contribution >= 0.6 is 0 Å². The second kappa shape index (κ2) is 8.07. The van der Waals surface area contributed by atoms with E-state index in [4.69, 9.17) is 0 Å². The number of nitrogens with zero attached hydrogens (tertiary/aromatic N) is 1. The SMILES string of the molecule is CC.CC.CC(C)(C)N1CCS(=O)(=O)CC1. The second-order valence-corrected chi connectivity index (χ2v) is 6.61. The van der Waals surface area contributed by atoms with Crippen LogP contribution in [0.3, 0.4) is 0 Å². The number of rotatable bonds is 0. The summed E-state index contributed by atoms with van der Waals surface area (Å²) in [7, 11) is -2.72. The predicted molar refractivity (Wildman–Crippen MR) is 72.7 cm³/mol. The van der Waals surface area contributed by atoms with Crippen molar-refractivity contribution in [3.05, 3.63) is 0 Å². The van der Waals surface area contributed by atoms with Gasteiger partial charge in [0.05, 0.1) is 11.5 Å². The van der Waals surface area contributed by atoms with Crippen LogP contribution in [0.4, 0.5) is 0 Å². The van der Waals surface area contributed by atoms with E-state index in [0.717, 1.165) is 0 Å². The molecule has 0 amide bonds. The molecule has 16 heavy (non-hydrogen) atoms. The van der Waals surface area contributed by atoms with Gasteiger partial charge in [0.15, 0.2) is 9.84 Å². The van der Waals surface area contributed by atoms with Crippen LogP contribution in [0.25, 0.3) is 0 Å². The lowest BCUT2D eigenvalue weighted by Crippen LogP contribution is -2.49. The van der Waals surface area contributed by atoms with Crippen molar-refractivity contribution >= 4 is 9.84 Å². The highest BCUT2D eigenvalue weighted by Gasteiger charge is 2.28.